The molecule has 3 amide bonds. The summed E-state index contributed by atoms with van der Waals surface area (Å²) in [5.74, 6) is -1.49. The van der Waals surface area contributed by atoms with E-state index in [0.717, 1.165) is 5.39 Å². The van der Waals surface area contributed by atoms with Crippen molar-refractivity contribution in [3.05, 3.63) is 53.3 Å². The largest absolute Gasteiger partial charge is 0.428 e. The summed E-state index contributed by atoms with van der Waals surface area (Å²) in [5.41, 5.74) is 0.528. The summed E-state index contributed by atoms with van der Waals surface area (Å²) >= 11 is 6.00. The molecule has 2 fully saturated rings. The van der Waals surface area contributed by atoms with Gasteiger partial charge in [-0.1, -0.05) is 23.7 Å². The molecule has 0 spiro atoms. The number of piperidine rings is 1. The first-order valence-electron chi connectivity index (χ1n) is 13.4. The average molecular weight is 606 g/mol. The van der Waals surface area contributed by atoms with Crippen molar-refractivity contribution in [2.45, 2.75) is 36.8 Å². The van der Waals surface area contributed by atoms with Crippen LogP contribution in [0.15, 0.2) is 53.2 Å². The molecule has 1 atom stereocenters. The predicted octanol–water partition coefficient (Wildman–Crippen LogP) is 1.54. The van der Waals surface area contributed by atoms with Crippen molar-refractivity contribution in [2.75, 3.05) is 45.5 Å². The zero-order valence-corrected chi connectivity index (χ0v) is 24.1. The van der Waals surface area contributed by atoms with Crippen LogP contribution in [0, 0.1) is 0 Å². The van der Waals surface area contributed by atoms with E-state index in [1.807, 2.05) is 4.90 Å². The Balaban J connectivity index is 1.13. The Kier molecular flexibility index (Phi) is 8.30. The molecule has 3 aliphatic heterocycles. The summed E-state index contributed by atoms with van der Waals surface area (Å²) < 4.78 is 31.1. The molecule has 3 heterocycles. The molecule has 2 aromatic carbocycles. The monoisotopic (exact) mass is 605 g/mol. The van der Waals surface area contributed by atoms with Crippen LogP contribution in [0.1, 0.15) is 19.8 Å². The highest BCUT2D eigenvalue weighted by molar-refractivity contribution is 7.91. The second-order valence-electron chi connectivity index (χ2n) is 10.3. The second-order valence-corrected chi connectivity index (χ2v) is 12.8. The Labute approximate surface area is 243 Å². The van der Waals surface area contributed by atoms with Gasteiger partial charge in [0.1, 0.15) is 11.8 Å². The predicted molar refractivity (Wildman–Crippen MR) is 150 cm³/mol. The number of amides is 3. The normalized spacial score (nSPS) is 18.5. The van der Waals surface area contributed by atoms with Crippen LogP contribution in [0.2, 0.25) is 5.02 Å². The maximum atomic E-state index is 13.1. The summed E-state index contributed by atoms with van der Waals surface area (Å²) in [7, 11) is -3.93. The smallest absolute Gasteiger partial charge is 0.408 e. The zero-order chi connectivity index (χ0) is 29.3. The summed E-state index contributed by atoms with van der Waals surface area (Å²) in [5, 5.41) is 15.1. The molecule has 0 unspecified atom stereocenters. The number of hydrogen-bond donors (Lipinski definition) is 2. The fraction of sp³-hybridized carbons (Fsp3) is 0.444. The number of aliphatic hydroxyl groups excluding tert-OH is 1. The van der Waals surface area contributed by atoms with Crippen LogP contribution in [0.5, 0.6) is 0 Å². The van der Waals surface area contributed by atoms with E-state index >= 15 is 0 Å². The minimum Gasteiger partial charge on any atom is -0.428 e. The number of likely N-dealkylation sites (tertiary alicyclic amines) is 1. The van der Waals surface area contributed by atoms with Gasteiger partial charge in [0.15, 0.2) is 16.6 Å². The van der Waals surface area contributed by atoms with E-state index < -0.39 is 33.7 Å². The maximum Gasteiger partial charge on any atom is 0.408 e. The van der Waals surface area contributed by atoms with Gasteiger partial charge in [0, 0.05) is 36.9 Å². The number of alkyl carbamates (subject to hydrolysis) is 1. The van der Waals surface area contributed by atoms with Crippen molar-refractivity contribution < 1.29 is 32.6 Å². The van der Waals surface area contributed by atoms with Crippen molar-refractivity contribution >= 4 is 50.1 Å². The van der Waals surface area contributed by atoms with E-state index in [0.29, 0.717) is 61.9 Å². The third kappa shape index (κ3) is 6.21. The number of halogens is 1. The highest BCUT2D eigenvalue weighted by Gasteiger charge is 2.42. The quantitative estimate of drug-likeness (QED) is 0.458. The molecule has 220 valence electrons. The molecular formula is C27H32ClN5O7S. The van der Waals surface area contributed by atoms with Crippen LogP contribution in [0.25, 0.3) is 10.8 Å². The molecule has 41 heavy (non-hydrogen) atoms. The van der Waals surface area contributed by atoms with Crippen molar-refractivity contribution in [2.24, 2.45) is 0 Å². The lowest BCUT2D eigenvalue weighted by atomic mass is 10.0. The lowest BCUT2D eigenvalue weighted by Crippen LogP contribution is -2.51. The first-order valence-corrected chi connectivity index (χ1v) is 15.4. The number of ether oxygens (including phenoxy) is 1. The third-order valence-electron chi connectivity index (χ3n) is 7.50. The van der Waals surface area contributed by atoms with E-state index in [1.54, 1.807) is 47.2 Å². The number of sulfone groups is 1. The number of hydrogen-bond acceptors (Lipinski definition) is 9. The fourth-order valence-electron chi connectivity index (χ4n) is 5.37. The van der Waals surface area contributed by atoms with Gasteiger partial charge in [0.2, 0.25) is 0 Å². The van der Waals surface area contributed by atoms with Crippen molar-refractivity contribution in [3.8, 4) is 0 Å². The molecule has 0 saturated carbocycles. The lowest BCUT2D eigenvalue weighted by molar-refractivity contribution is -0.141. The first-order chi connectivity index (χ1) is 19.6. The fourth-order valence-corrected chi connectivity index (χ4v) is 6.88. The number of nitrogens with one attached hydrogen (secondary N) is 1. The van der Waals surface area contributed by atoms with Crippen LogP contribution in [-0.4, -0.2) is 109 Å². The van der Waals surface area contributed by atoms with Crippen LogP contribution in [-0.2, 0) is 24.2 Å². The van der Waals surface area contributed by atoms with Crippen LogP contribution < -0.4 is 5.32 Å². The van der Waals surface area contributed by atoms with Gasteiger partial charge in [0.05, 0.1) is 24.0 Å². The Morgan fingerprint density at radius 1 is 1.12 bits per heavy atom. The number of carbonyl (C=O) groups excluding carboxylic acids is 3. The van der Waals surface area contributed by atoms with Crippen molar-refractivity contribution in [1.82, 2.24) is 24.9 Å². The molecule has 2 aromatic rings. The average Bonchev–Trinajstić information content (AvgIpc) is 3.49. The molecule has 2 saturated heterocycles. The Bertz CT molecular complexity index is 1490. The molecule has 12 nitrogen and oxygen atoms in total. The van der Waals surface area contributed by atoms with Crippen molar-refractivity contribution in [1.29, 1.82) is 0 Å². The van der Waals surface area contributed by atoms with E-state index in [4.69, 9.17) is 16.3 Å². The van der Waals surface area contributed by atoms with Gasteiger partial charge in [-0.15, -0.1) is 0 Å². The molecule has 5 rings (SSSR count). The number of nitrogens with zero attached hydrogens (tertiary/aromatic N) is 4. The van der Waals surface area contributed by atoms with Gasteiger partial charge in [0.25, 0.3) is 11.8 Å². The Morgan fingerprint density at radius 2 is 1.83 bits per heavy atom. The van der Waals surface area contributed by atoms with Crippen molar-refractivity contribution in [3.63, 3.8) is 0 Å². The van der Waals surface area contributed by atoms with Gasteiger partial charge < -0.3 is 34.8 Å². The van der Waals surface area contributed by atoms with Gasteiger partial charge >= 0.3 is 6.09 Å². The van der Waals surface area contributed by atoms with Gasteiger partial charge in [-0.3, -0.25) is 9.59 Å². The molecule has 0 radical (unpaired) electrons. The summed E-state index contributed by atoms with van der Waals surface area (Å²) in [6.45, 7) is 3.69. The van der Waals surface area contributed by atoms with Gasteiger partial charge in [-0.2, -0.15) is 0 Å². The molecule has 2 N–H and O–H groups in total. The van der Waals surface area contributed by atoms with E-state index in [2.05, 4.69) is 5.32 Å². The third-order valence-corrected chi connectivity index (χ3v) is 9.46. The highest BCUT2D eigenvalue weighted by Crippen LogP contribution is 2.30. The highest BCUT2D eigenvalue weighted by atomic mass is 35.5. The molecule has 14 heteroatoms. The van der Waals surface area contributed by atoms with E-state index in [-0.39, 0.29) is 23.6 Å². The Hall–Kier alpha value is -3.55. The summed E-state index contributed by atoms with van der Waals surface area (Å²) in [6, 6.07) is 9.61. The van der Waals surface area contributed by atoms with Crippen LogP contribution in [0.4, 0.5) is 4.79 Å². The van der Waals surface area contributed by atoms with Crippen LogP contribution >= 0.6 is 11.6 Å². The topological polar surface area (TPSA) is 140 Å². The lowest BCUT2D eigenvalue weighted by Gasteiger charge is -2.37. The molecule has 3 aliphatic rings. The molecule has 0 aliphatic carbocycles. The number of aliphatic hydroxyl groups is 1. The number of benzene rings is 2. The first kappa shape index (κ1) is 29.0. The van der Waals surface area contributed by atoms with E-state index in [9.17, 15) is 27.9 Å². The number of rotatable bonds is 8. The number of fused-ring (bicyclic) bond motifs is 2. The standard InChI is InChI=1S/C27H32ClN5O7S/c1-2-29-27(37)40-17-30-13-23-25(35)33(16-32(23)15-30)21-7-9-31(10-8-21)26(36)24(34)14-41(38,39)22-6-4-18-11-20(28)5-3-19(18)12-22/h3-6,11-13,21,24,34H,2,7-10,14-17H2,1H3,(H,29,37)/t24-/m1/s1. The Morgan fingerprint density at radius 3 is 2.54 bits per heavy atom. The summed E-state index contributed by atoms with van der Waals surface area (Å²) in [4.78, 5) is 44.4. The van der Waals surface area contributed by atoms with E-state index in [1.165, 1.54) is 17.0 Å². The molecule has 0 aromatic heterocycles. The minimum absolute atomic E-state index is 0.0228. The van der Waals surface area contributed by atoms with Gasteiger partial charge in [-0.25, -0.2) is 13.2 Å². The molecular weight excluding hydrogens is 574 g/mol. The maximum absolute atomic E-state index is 13.1. The molecule has 0 bridgehead atoms. The number of carbonyl (C=O) groups is 3. The van der Waals surface area contributed by atoms with Gasteiger partial charge in [-0.05, 0) is 54.8 Å². The van der Waals surface area contributed by atoms with Crippen LogP contribution in [0.3, 0.4) is 0 Å². The zero-order valence-electron chi connectivity index (χ0n) is 22.5. The summed E-state index contributed by atoms with van der Waals surface area (Å²) in [6.07, 6.45) is 0.482. The minimum atomic E-state index is -3.93. The second kappa shape index (κ2) is 11.7. The SMILES string of the molecule is CCNC(=O)OCN1C=C2C(=O)N(C3CCN(C(=O)[C@H](O)CS(=O)(=O)c4ccc5cc(Cl)ccc5c4)CC3)CN2C1.